The van der Waals surface area contributed by atoms with Crippen LogP contribution in [0.25, 0.3) is 0 Å². The van der Waals surface area contributed by atoms with Crippen LogP contribution in [-0.4, -0.2) is 22.8 Å². The molecule has 0 spiro atoms. The first-order chi connectivity index (χ1) is 19.7. The Morgan fingerprint density at radius 3 is 0.675 bits per heavy atom. The van der Waals surface area contributed by atoms with Gasteiger partial charge in [0, 0.05) is 12.8 Å². The first-order valence-corrected chi connectivity index (χ1v) is 18.4. The van der Waals surface area contributed by atoms with Gasteiger partial charge in [0.25, 0.3) is 0 Å². The lowest BCUT2D eigenvalue weighted by molar-refractivity contribution is -0.424. The lowest BCUT2D eigenvalue weighted by atomic mass is 10.0. The van der Waals surface area contributed by atoms with Gasteiger partial charge in [-0.05, 0) is 12.8 Å². The highest BCUT2D eigenvalue weighted by atomic mass is 17.2. The summed E-state index contributed by atoms with van der Waals surface area (Å²) < 4.78 is 0. The quantitative estimate of drug-likeness (QED) is 0.0344. The SMILES string of the molecule is CCCCCCCCCCCCCCCCCC(O)OOC(O)CCCCCCCCCCCCCCCCC. The van der Waals surface area contributed by atoms with Crippen LogP contribution < -0.4 is 0 Å². The molecule has 0 aromatic rings. The molecule has 0 heterocycles. The summed E-state index contributed by atoms with van der Waals surface area (Å²) in [6.07, 6.45) is 39.2. The molecule has 0 amide bonds. The van der Waals surface area contributed by atoms with Gasteiger partial charge in [0.05, 0.1) is 0 Å². The smallest absolute Gasteiger partial charge is 0.188 e. The van der Waals surface area contributed by atoms with Crippen molar-refractivity contribution < 1.29 is 20.0 Å². The fraction of sp³-hybridized carbons (Fsp3) is 1.00. The highest BCUT2D eigenvalue weighted by Gasteiger charge is 2.10. The van der Waals surface area contributed by atoms with Gasteiger partial charge < -0.3 is 10.2 Å². The monoisotopic (exact) mass is 571 g/mol. The third-order valence-corrected chi connectivity index (χ3v) is 8.39. The van der Waals surface area contributed by atoms with Crippen LogP contribution in [0.15, 0.2) is 0 Å². The molecule has 4 heteroatoms. The number of unbranched alkanes of at least 4 members (excludes halogenated alkanes) is 28. The molecule has 0 aliphatic heterocycles. The fourth-order valence-corrected chi connectivity index (χ4v) is 5.61. The van der Waals surface area contributed by atoms with Crippen molar-refractivity contribution in [3.8, 4) is 0 Å². The van der Waals surface area contributed by atoms with Crippen molar-refractivity contribution in [1.29, 1.82) is 0 Å². The van der Waals surface area contributed by atoms with E-state index in [0.29, 0.717) is 12.8 Å². The minimum atomic E-state index is -0.933. The van der Waals surface area contributed by atoms with Crippen LogP contribution in [-0.2, 0) is 9.78 Å². The Bertz CT molecular complexity index is 405. The molecule has 0 aliphatic rings. The van der Waals surface area contributed by atoms with Crippen molar-refractivity contribution in [2.45, 2.75) is 232 Å². The number of hydrogen-bond acceptors (Lipinski definition) is 4. The van der Waals surface area contributed by atoms with E-state index < -0.39 is 12.6 Å². The van der Waals surface area contributed by atoms with Gasteiger partial charge >= 0.3 is 0 Å². The molecule has 242 valence electrons. The van der Waals surface area contributed by atoms with Crippen LogP contribution >= 0.6 is 0 Å². The molecule has 2 unspecified atom stereocenters. The molecule has 0 aromatic heterocycles. The van der Waals surface area contributed by atoms with Gasteiger partial charge in [-0.25, -0.2) is 9.78 Å². The number of hydrogen-bond donors (Lipinski definition) is 2. The Balaban J connectivity index is 3.26. The summed E-state index contributed by atoms with van der Waals surface area (Å²) in [5.41, 5.74) is 0. The Morgan fingerprint density at radius 2 is 0.475 bits per heavy atom. The summed E-state index contributed by atoms with van der Waals surface area (Å²) in [5, 5.41) is 19.9. The topological polar surface area (TPSA) is 58.9 Å². The normalized spacial score (nSPS) is 13.2. The van der Waals surface area contributed by atoms with Crippen molar-refractivity contribution in [2.24, 2.45) is 0 Å². The van der Waals surface area contributed by atoms with Crippen LogP contribution in [0.3, 0.4) is 0 Å². The Labute approximate surface area is 251 Å². The molecule has 0 radical (unpaired) electrons. The first-order valence-electron chi connectivity index (χ1n) is 18.4. The van der Waals surface area contributed by atoms with E-state index in [1.165, 1.54) is 167 Å². The van der Waals surface area contributed by atoms with E-state index in [9.17, 15) is 10.2 Å². The average Bonchev–Trinajstić information content (AvgIpc) is 2.96. The summed E-state index contributed by atoms with van der Waals surface area (Å²) in [6, 6.07) is 0. The van der Waals surface area contributed by atoms with E-state index in [1.54, 1.807) is 0 Å². The zero-order valence-electron chi connectivity index (χ0n) is 27.5. The van der Waals surface area contributed by atoms with Crippen LogP contribution in [0.5, 0.6) is 0 Å². The number of aliphatic hydroxyl groups is 2. The summed E-state index contributed by atoms with van der Waals surface area (Å²) in [6.45, 7) is 4.56. The molecule has 0 rings (SSSR count). The van der Waals surface area contributed by atoms with Crippen LogP contribution in [0, 0.1) is 0 Å². The van der Waals surface area contributed by atoms with Crippen LogP contribution in [0.4, 0.5) is 0 Å². The van der Waals surface area contributed by atoms with Crippen LogP contribution in [0.2, 0.25) is 0 Å². The van der Waals surface area contributed by atoms with E-state index in [2.05, 4.69) is 13.8 Å². The average molecular weight is 571 g/mol. The molecule has 0 fully saturated rings. The second-order valence-corrected chi connectivity index (χ2v) is 12.6. The predicted octanol–water partition coefficient (Wildman–Crippen LogP) is 12.1. The molecule has 0 saturated heterocycles. The molecular weight excluding hydrogens is 496 g/mol. The summed E-state index contributed by atoms with van der Waals surface area (Å²) in [5.74, 6) is 0. The summed E-state index contributed by atoms with van der Waals surface area (Å²) >= 11 is 0. The Hall–Kier alpha value is -0.160. The third-order valence-electron chi connectivity index (χ3n) is 8.39. The summed E-state index contributed by atoms with van der Waals surface area (Å²) in [7, 11) is 0. The van der Waals surface area contributed by atoms with Gasteiger partial charge in [-0.15, -0.1) is 0 Å². The minimum Gasteiger partial charge on any atom is -0.366 e. The molecular formula is C36H74O4. The largest absolute Gasteiger partial charge is 0.366 e. The molecule has 0 bridgehead atoms. The van der Waals surface area contributed by atoms with E-state index in [0.717, 1.165) is 25.7 Å². The van der Waals surface area contributed by atoms with Gasteiger partial charge in [-0.1, -0.05) is 194 Å². The molecule has 2 N–H and O–H groups in total. The lowest BCUT2D eigenvalue weighted by Crippen LogP contribution is -2.19. The lowest BCUT2D eigenvalue weighted by Gasteiger charge is -2.14. The molecule has 0 aliphatic carbocycles. The van der Waals surface area contributed by atoms with Gasteiger partial charge in [0.15, 0.2) is 12.6 Å². The fourth-order valence-electron chi connectivity index (χ4n) is 5.61. The highest BCUT2D eigenvalue weighted by molar-refractivity contribution is 4.52. The van der Waals surface area contributed by atoms with E-state index in [1.807, 2.05) is 0 Å². The standard InChI is InChI=1S/C36H74O4/c1-3-5-7-9-11-13-15-17-19-21-23-25-27-29-31-33-35(37)39-40-36(38)34-32-30-28-26-24-22-20-18-16-14-12-10-8-6-4-2/h35-38H,3-34H2,1-2H3. The van der Waals surface area contributed by atoms with Gasteiger partial charge in [-0.3, -0.25) is 0 Å². The Morgan fingerprint density at radius 1 is 0.300 bits per heavy atom. The molecule has 2 atom stereocenters. The highest BCUT2D eigenvalue weighted by Crippen LogP contribution is 2.16. The zero-order chi connectivity index (χ0) is 29.2. The first kappa shape index (κ1) is 39.8. The van der Waals surface area contributed by atoms with E-state index in [4.69, 9.17) is 9.78 Å². The van der Waals surface area contributed by atoms with Crippen molar-refractivity contribution in [2.75, 3.05) is 0 Å². The van der Waals surface area contributed by atoms with Crippen molar-refractivity contribution in [1.82, 2.24) is 0 Å². The minimum absolute atomic E-state index is 0.573. The van der Waals surface area contributed by atoms with Crippen molar-refractivity contribution in [3.63, 3.8) is 0 Å². The second kappa shape index (κ2) is 35.0. The maximum absolute atomic E-state index is 9.95. The van der Waals surface area contributed by atoms with Crippen molar-refractivity contribution in [3.05, 3.63) is 0 Å². The molecule has 0 saturated carbocycles. The van der Waals surface area contributed by atoms with Gasteiger partial charge in [0.1, 0.15) is 0 Å². The third kappa shape index (κ3) is 34.0. The van der Waals surface area contributed by atoms with E-state index in [-0.39, 0.29) is 0 Å². The Kier molecular flexibility index (Phi) is 34.9. The molecule has 40 heavy (non-hydrogen) atoms. The molecule has 0 aromatic carbocycles. The van der Waals surface area contributed by atoms with Crippen LogP contribution in [0.1, 0.15) is 219 Å². The zero-order valence-corrected chi connectivity index (χ0v) is 27.5. The maximum Gasteiger partial charge on any atom is 0.188 e. The predicted molar refractivity (Wildman–Crippen MR) is 173 cm³/mol. The number of aliphatic hydroxyl groups excluding tert-OH is 2. The second-order valence-electron chi connectivity index (χ2n) is 12.6. The van der Waals surface area contributed by atoms with Crippen molar-refractivity contribution >= 4 is 0 Å². The van der Waals surface area contributed by atoms with Gasteiger partial charge in [-0.2, -0.15) is 0 Å². The summed E-state index contributed by atoms with van der Waals surface area (Å²) in [4.78, 5) is 10.0. The van der Waals surface area contributed by atoms with Gasteiger partial charge in [0.2, 0.25) is 0 Å². The number of rotatable bonds is 35. The maximum atomic E-state index is 9.95. The molecule has 4 nitrogen and oxygen atoms in total. The van der Waals surface area contributed by atoms with E-state index >= 15 is 0 Å².